The van der Waals surface area contributed by atoms with Gasteiger partial charge in [-0.1, -0.05) is 97.1 Å². The number of hydrogen-bond acceptors (Lipinski definition) is 2. The SMILES string of the molecule is Nc1cccc(N)c1C1=c2ccc([nH]2)=C(c2ccccc2)c2ccc([nH]2)C(c2ccccc2)=c2ccc([nH]2)=C(c2ccccc2)c2ccc1[nH]2. The lowest BCUT2D eigenvalue weighted by atomic mass is 9.99. The fourth-order valence-electron chi connectivity index (χ4n) is 7.22. The summed E-state index contributed by atoms with van der Waals surface area (Å²) in [5.41, 5.74) is 26.6. The van der Waals surface area contributed by atoms with E-state index in [4.69, 9.17) is 11.5 Å². The van der Waals surface area contributed by atoms with E-state index in [0.29, 0.717) is 11.4 Å². The van der Waals surface area contributed by atoms with Gasteiger partial charge in [0.25, 0.3) is 0 Å². The molecule has 6 heteroatoms. The Bertz CT molecular complexity index is 2740. The third-order valence-corrected chi connectivity index (χ3v) is 9.47. The molecule has 9 rings (SSSR count). The van der Waals surface area contributed by atoms with E-state index >= 15 is 0 Å². The monoisotopic (exact) mass is 646 g/mol. The molecule has 8 N–H and O–H groups in total. The molecule has 1 aliphatic rings. The van der Waals surface area contributed by atoms with Gasteiger partial charge in [-0.15, -0.1) is 0 Å². The summed E-state index contributed by atoms with van der Waals surface area (Å²) < 4.78 is 0. The molecule has 0 saturated heterocycles. The van der Waals surface area contributed by atoms with E-state index < -0.39 is 0 Å². The van der Waals surface area contributed by atoms with Crippen LogP contribution in [-0.4, -0.2) is 19.9 Å². The van der Waals surface area contributed by atoms with Gasteiger partial charge < -0.3 is 31.4 Å². The van der Waals surface area contributed by atoms with Crippen LogP contribution in [0, 0.1) is 0 Å². The van der Waals surface area contributed by atoms with Crippen molar-refractivity contribution in [3.8, 4) is 0 Å². The Morgan fingerprint density at radius 3 is 0.960 bits per heavy atom. The standard InChI is InChI=1S/C44H34N6/c45-30-17-10-18-31(46)43(30)44-38-25-23-36(49-38)41(28-13-6-2-7-14-28)34-21-19-32(47-34)40(27-11-4-1-5-12-27)33-20-22-35(48-33)42(29-15-8-3-9-16-29)37-24-26-39(44)50-37/h1-26,47-50H,45-46H2. The van der Waals surface area contributed by atoms with Crippen LogP contribution >= 0.6 is 0 Å². The molecule has 0 aliphatic carbocycles. The molecular formula is C44H34N6. The molecule has 4 aromatic heterocycles. The van der Waals surface area contributed by atoms with Crippen molar-refractivity contribution in [1.82, 2.24) is 19.9 Å². The van der Waals surface area contributed by atoms with Crippen molar-refractivity contribution in [3.63, 3.8) is 0 Å². The largest absolute Gasteiger partial charge is 0.398 e. The zero-order valence-corrected chi connectivity index (χ0v) is 27.2. The zero-order chi connectivity index (χ0) is 33.6. The van der Waals surface area contributed by atoms with Gasteiger partial charge in [0, 0.05) is 83.4 Å². The third kappa shape index (κ3) is 4.98. The number of benzene rings is 4. The second-order valence-electron chi connectivity index (χ2n) is 12.6. The molecule has 0 saturated carbocycles. The highest BCUT2D eigenvalue weighted by molar-refractivity contribution is 5.91. The number of aromatic nitrogens is 4. The second-order valence-corrected chi connectivity index (χ2v) is 12.6. The quantitative estimate of drug-likeness (QED) is 0.143. The number of nitrogens with one attached hydrogen (secondary N) is 4. The average Bonchev–Trinajstić information content (AvgIpc) is 3.98. The molecule has 8 aromatic rings. The van der Waals surface area contributed by atoms with Gasteiger partial charge in [0.2, 0.25) is 0 Å². The van der Waals surface area contributed by atoms with Gasteiger partial charge >= 0.3 is 0 Å². The Balaban J connectivity index is 1.46. The van der Waals surface area contributed by atoms with Crippen LogP contribution in [0.3, 0.4) is 0 Å². The maximum atomic E-state index is 6.70. The lowest BCUT2D eigenvalue weighted by molar-refractivity contribution is 1.19. The number of aromatic amines is 4. The van der Waals surface area contributed by atoms with Crippen molar-refractivity contribution in [2.24, 2.45) is 0 Å². The maximum absolute atomic E-state index is 6.70. The summed E-state index contributed by atoms with van der Waals surface area (Å²) in [4.78, 5) is 15.2. The zero-order valence-electron chi connectivity index (χ0n) is 27.2. The van der Waals surface area contributed by atoms with Crippen LogP contribution in [0.5, 0.6) is 0 Å². The molecule has 1 aliphatic heterocycles. The molecule has 4 aromatic carbocycles. The summed E-state index contributed by atoms with van der Waals surface area (Å²) in [5.74, 6) is 0. The first kappa shape index (κ1) is 29.2. The number of nitrogens with two attached hydrogens (primary N) is 2. The van der Waals surface area contributed by atoms with Crippen LogP contribution < -0.4 is 32.9 Å². The molecule has 50 heavy (non-hydrogen) atoms. The first-order chi connectivity index (χ1) is 24.6. The van der Waals surface area contributed by atoms with E-state index in [0.717, 1.165) is 88.7 Å². The van der Waals surface area contributed by atoms with Gasteiger partial charge in [0.15, 0.2) is 0 Å². The summed E-state index contributed by atoms with van der Waals surface area (Å²) in [6.45, 7) is 0. The smallest absolute Gasteiger partial charge is 0.0487 e. The van der Waals surface area contributed by atoms with Crippen LogP contribution in [-0.2, 0) is 0 Å². The molecule has 0 atom stereocenters. The van der Waals surface area contributed by atoms with Gasteiger partial charge in [-0.2, -0.15) is 0 Å². The van der Waals surface area contributed by atoms with Crippen LogP contribution in [0.1, 0.15) is 45.0 Å². The second kappa shape index (κ2) is 12.0. The summed E-state index contributed by atoms with van der Waals surface area (Å²) in [7, 11) is 0. The number of fused-ring (bicyclic) bond motifs is 8. The van der Waals surface area contributed by atoms with E-state index in [9.17, 15) is 0 Å². The third-order valence-electron chi connectivity index (χ3n) is 9.47. The van der Waals surface area contributed by atoms with Crippen molar-refractivity contribution in [2.75, 3.05) is 11.5 Å². The molecule has 0 unspecified atom stereocenters. The van der Waals surface area contributed by atoms with Gasteiger partial charge in [0.1, 0.15) is 0 Å². The first-order valence-corrected chi connectivity index (χ1v) is 16.7. The highest BCUT2D eigenvalue weighted by Gasteiger charge is 2.20. The van der Waals surface area contributed by atoms with E-state index in [1.807, 2.05) is 30.3 Å². The van der Waals surface area contributed by atoms with Gasteiger partial charge in [-0.05, 0) is 77.4 Å². The van der Waals surface area contributed by atoms with Crippen molar-refractivity contribution in [2.45, 2.75) is 0 Å². The molecule has 0 radical (unpaired) electrons. The average molecular weight is 647 g/mol. The Morgan fingerprint density at radius 2 is 0.600 bits per heavy atom. The van der Waals surface area contributed by atoms with E-state index in [-0.39, 0.29) is 0 Å². The topological polar surface area (TPSA) is 115 Å². The van der Waals surface area contributed by atoms with Crippen molar-refractivity contribution in [1.29, 1.82) is 0 Å². The van der Waals surface area contributed by atoms with Crippen LogP contribution in [0.15, 0.2) is 158 Å². The molecule has 8 bridgehead atoms. The fourth-order valence-corrected chi connectivity index (χ4v) is 7.22. The van der Waals surface area contributed by atoms with E-state index in [2.05, 4.69) is 147 Å². The molecule has 6 nitrogen and oxygen atoms in total. The van der Waals surface area contributed by atoms with Gasteiger partial charge in [-0.3, -0.25) is 0 Å². The number of anilines is 2. The van der Waals surface area contributed by atoms with Crippen LogP contribution in [0.4, 0.5) is 11.4 Å². The number of nitrogen functional groups attached to an aromatic ring is 2. The summed E-state index contributed by atoms with van der Waals surface area (Å²) in [5, 5.41) is 3.85. The predicted octanol–water partition coefficient (Wildman–Crippen LogP) is 5.47. The summed E-state index contributed by atoms with van der Waals surface area (Å²) >= 11 is 0. The molecule has 0 spiro atoms. The van der Waals surface area contributed by atoms with Crippen molar-refractivity contribution in [3.05, 3.63) is 224 Å². The molecule has 240 valence electrons. The lowest BCUT2D eigenvalue weighted by Gasteiger charge is -2.13. The number of rotatable bonds is 4. The van der Waals surface area contributed by atoms with Crippen molar-refractivity contribution < 1.29 is 0 Å². The van der Waals surface area contributed by atoms with E-state index in [1.165, 1.54) is 0 Å². The highest BCUT2D eigenvalue weighted by Crippen LogP contribution is 2.32. The molecular weight excluding hydrogens is 613 g/mol. The number of H-pyrrole nitrogens is 4. The molecule has 0 fully saturated rings. The predicted molar refractivity (Wildman–Crippen MR) is 203 cm³/mol. The van der Waals surface area contributed by atoms with Gasteiger partial charge in [0.05, 0.1) is 0 Å². The Morgan fingerprint density at radius 1 is 0.280 bits per heavy atom. The molecule has 0 amide bonds. The first-order valence-electron chi connectivity index (χ1n) is 16.7. The minimum absolute atomic E-state index is 0.605. The number of hydrogen-bond donors (Lipinski definition) is 6. The Labute approximate surface area is 288 Å². The van der Waals surface area contributed by atoms with E-state index in [1.54, 1.807) is 0 Å². The fraction of sp³-hybridized carbons (Fsp3) is 0. The normalized spacial score (nSPS) is 12.8. The van der Waals surface area contributed by atoms with Gasteiger partial charge in [-0.25, -0.2) is 0 Å². The maximum Gasteiger partial charge on any atom is 0.0487 e. The minimum Gasteiger partial charge on any atom is -0.398 e. The summed E-state index contributed by atoms with van der Waals surface area (Å²) in [6, 6.07) is 54.3. The minimum atomic E-state index is 0.605. The van der Waals surface area contributed by atoms with Crippen LogP contribution in [0.25, 0.3) is 22.3 Å². The summed E-state index contributed by atoms with van der Waals surface area (Å²) in [6.07, 6.45) is 0. The Kier molecular flexibility index (Phi) is 6.99. The lowest BCUT2D eigenvalue weighted by Crippen LogP contribution is -2.19. The van der Waals surface area contributed by atoms with Crippen LogP contribution in [0.2, 0.25) is 0 Å². The molecule has 5 heterocycles. The Hall–Kier alpha value is -6.92. The van der Waals surface area contributed by atoms with Crippen molar-refractivity contribution >= 4 is 33.7 Å². The highest BCUT2D eigenvalue weighted by atomic mass is 14.8.